The van der Waals surface area contributed by atoms with Gasteiger partial charge in [0.1, 0.15) is 12.4 Å². The van der Waals surface area contributed by atoms with E-state index in [1.54, 1.807) is 21.9 Å². The van der Waals surface area contributed by atoms with Crippen LogP contribution in [0, 0.1) is 12.7 Å². The molecule has 1 fully saturated rings. The summed E-state index contributed by atoms with van der Waals surface area (Å²) in [6.07, 6.45) is 0. The smallest absolute Gasteiger partial charge is 0.255 e. The van der Waals surface area contributed by atoms with E-state index in [9.17, 15) is 14.0 Å². The van der Waals surface area contributed by atoms with Gasteiger partial charge in [0.2, 0.25) is 5.91 Å². The summed E-state index contributed by atoms with van der Waals surface area (Å²) in [6, 6.07) is 22.5. The number of halogens is 1. The van der Waals surface area contributed by atoms with Gasteiger partial charge < -0.3 is 14.8 Å². The first kappa shape index (κ1) is 21.6. The first-order valence-corrected chi connectivity index (χ1v) is 11.9. The summed E-state index contributed by atoms with van der Waals surface area (Å²) in [5.74, 6) is -0.590. The van der Waals surface area contributed by atoms with Crippen LogP contribution in [-0.2, 0) is 21.7 Å². The van der Waals surface area contributed by atoms with E-state index in [4.69, 9.17) is 0 Å². The summed E-state index contributed by atoms with van der Waals surface area (Å²) < 4.78 is 13.4. The highest BCUT2D eigenvalue weighted by Gasteiger charge is 2.56. The zero-order valence-corrected chi connectivity index (χ0v) is 19.7. The van der Waals surface area contributed by atoms with Crippen LogP contribution < -0.4 is 0 Å². The topological polar surface area (TPSA) is 56.4 Å². The molecule has 176 valence electrons. The van der Waals surface area contributed by atoms with Gasteiger partial charge in [0.05, 0.1) is 5.69 Å². The van der Waals surface area contributed by atoms with E-state index in [1.807, 2.05) is 25.1 Å². The van der Waals surface area contributed by atoms with E-state index >= 15 is 0 Å². The fourth-order valence-electron chi connectivity index (χ4n) is 5.71. The van der Waals surface area contributed by atoms with Crippen LogP contribution >= 0.6 is 0 Å². The second-order valence-corrected chi connectivity index (χ2v) is 9.79. The summed E-state index contributed by atoms with van der Waals surface area (Å²) in [4.78, 5) is 34.5. The van der Waals surface area contributed by atoms with Gasteiger partial charge >= 0.3 is 0 Å². The Morgan fingerprint density at radius 3 is 2.46 bits per heavy atom. The zero-order chi connectivity index (χ0) is 24.3. The molecule has 3 aromatic carbocycles. The summed E-state index contributed by atoms with van der Waals surface area (Å²) in [5.41, 5.74) is 4.74. The third-order valence-electron chi connectivity index (χ3n) is 7.58. The minimum Gasteiger partial charge on any atom is -0.356 e. The van der Waals surface area contributed by atoms with E-state index in [2.05, 4.69) is 42.2 Å². The van der Waals surface area contributed by atoms with Crippen LogP contribution in [0.15, 0.2) is 72.8 Å². The summed E-state index contributed by atoms with van der Waals surface area (Å²) in [6.45, 7) is 4.60. The molecule has 6 heteroatoms. The lowest BCUT2D eigenvalue weighted by molar-refractivity contribution is -0.166. The van der Waals surface area contributed by atoms with E-state index in [0.717, 1.165) is 33.3 Å². The zero-order valence-electron chi connectivity index (χ0n) is 19.7. The molecule has 2 atom stereocenters. The number of aryl methyl sites for hydroxylation is 1. The monoisotopic (exact) mass is 467 g/mol. The van der Waals surface area contributed by atoms with Gasteiger partial charge in [0.15, 0.2) is 5.54 Å². The molecular formula is C29H26FN3O2. The Morgan fingerprint density at radius 1 is 1.00 bits per heavy atom. The van der Waals surface area contributed by atoms with E-state index in [1.165, 1.54) is 17.7 Å². The van der Waals surface area contributed by atoms with Gasteiger partial charge in [0.25, 0.3) is 5.91 Å². The van der Waals surface area contributed by atoms with Gasteiger partial charge in [-0.05, 0) is 48.7 Å². The van der Waals surface area contributed by atoms with E-state index in [0.29, 0.717) is 6.54 Å². The number of nitrogens with one attached hydrogen (secondary N) is 1. The van der Waals surface area contributed by atoms with Crippen molar-refractivity contribution in [1.29, 1.82) is 0 Å². The van der Waals surface area contributed by atoms with Gasteiger partial charge in [-0.1, -0.05) is 60.2 Å². The van der Waals surface area contributed by atoms with Crippen molar-refractivity contribution < 1.29 is 14.0 Å². The van der Waals surface area contributed by atoms with Gasteiger partial charge in [0, 0.05) is 29.9 Å². The fourth-order valence-corrected chi connectivity index (χ4v) is 5.71. The Labute approximate surface area is 203 Å². The number of piperazine rings is 1. The lowest BCUT2D eigenvalue weighted by Crippen LogP contribution is -2.67. The second kappa shape index (κ2) is 7.80. The number of carbonyl (C=O) groups is 2. The normalized spacial score (nSPS) is 21.9. The second-order valence-electron chi connectivity index (χ2n) is 9.79. The molecule has 0 spiro atoms. The molecule has 0 saturated carbocycles. The summed E-state index contributed by atoms with van der Waals surface area (Å²) in [5, 5.41) is 1.07. The Balaban J connectivity index is 1.49. The average Bonchev–Trinajstić information content (AvgIpc) is 3.25. The molecule has 2 aliphatic heterocycles. The number of aromatic nitrogens is 1. The number of carbonyl (C=O) groups excluding carboxylic acids is 2. The van der Waals surface area contributed by atoms with E-state index in [-0.39, 0.29) is 36.6 Å². The SMILES string of the molecule is Cc1ccc([C@H]2CN3C(=O)CN(Cc4ccc(F)cc4)C(=O)[C@]3(C)c3[nH]c4ccccc4c32)cc1. The molecule has 2 amide bonds. The van der Waals surface area contributed by atoms with Crippen molar-refractivity contribution in [2.24, 2.45) is 0 Å². The predicted molar refractivity (Wildman–Crippen MR) is 132 cm³/mol. The molecule has 1 N–H and O–H groups in total. The molecule has 1 saturated heterocycles. The molecule has 3 heterocycles. The number of para-hydroxylation sites is 1. The Bertz CT molecular complexity index is 1460. The van der Waals surface area contributed by atoms with Gasteiger partial charge in [-0.25, -0.2) is 4.39 Å². The molecule has 35 heavy (non-hydrogen) atoms. The van der Waals surface area contributed by atoms with Crippen molar-refractivity contribution >= 4 is 22.7 Å². The molecule has 1 aromatic heterocycles. The number of H-pyrrole nitrogens is 1. The first-order valence-electron chi connectivity index (χ1n) is 11.9. The number of amides is 2. The lowest BCUT2D eigenvalue weighted by atomic mass is 9.76. The van der Waals surface area contributed by atoms with Gasteiger partial charge in [-0.15, -0.1) is 0 Å². The molecular weight excluding hydrogens is 441 g/mol. The third kappa shape index (κ3) is 3.27. The van der Waals surface area contributed by atoms with Gasteiger partial charge in [-0.2, -0.15) is 0 Å². The minimum absolute atomic E-state index is 0.00196. The quantitative estimate of drug-likeness (QED) is 0.469. The number of fused-ring (bicyclic) bond motifs is 5. The van der Waals surface area contributed by atoms with Crippen LogP contribution in [0.3, 0.4) is 0 Å². The average molecular weight is 468 g/mol. The highest BCUT2D eigenvalue weighted by Crippen LogP contribution is 2.48. The number of rotatable bonds is 3. The number of hydrogen-bond donors (Lipinski definition) is 1. The maximum Gasteiger partial charge on any atom is 0.255 e. The highest BCUT2D eigenvalue weighted by molar-refractivity contribution is 6.01. The number of nitrogens with zero attached hydrogens (tertiary/aromatic N) is 2. The molecule has 0 unspecified atom stereocenters. The number of aromatic amines is 1. The Morgan fingerprint density at radius 2 is 1.71 bits per heavy atom. The molecule has 0 bridgehead atoms. The van der Waals surface area contributed by atoms with Crippen LogP contribution in [0.1, 0.15) is 40.8 Å². The molecule has 4 aromatic rings. The molecule has 6 rings (SSSR count). The minimum atomic E-state index is -1.15. The predicted octanol–water partition coefficient (Wildman–Crippen LogP) is 4.85. The van der Waals surface area contributed by atoms with Crippen LogP contribution in [0.4, 0.5) is 4.39 Å². The van der Waals surface area contributed by atoms with Crippen molar-refractivity contribution in [3.8, 4) is 0 Å². The Hall–Kier alpha value is -3.93. The largest absolute Gasteiger partial charge is 0.356 e. The summed E-state index contributed by atoms with van der Waals surface area (Å²) >= 11 is 0. The van der Waals surface area contributed by atoms with Crippen LogP contribution in [0.25, 0.3) is 10.9 Å². The van der Waals surface area contributed by atoms with Crippen LogP contribution in [0.2, 0.25) is 0 Å². The van der Waals surface area contributed by atoms with Crippen LogP contribution in [-0.4, -0.2) is 39.7 Å². The maximum atomic E-state index is 14.1. The van der Waals surface area contributed by atoms with E-state index < -0.39 is 5.54 Å². The van der Waals surface area contributed by atoms with Crippen LogP contribution in [0.5, 0.6) is 0 Å². The van der Waals surface area contributed by atoms with Crippen molar-refractivity contribution in [3.05, 3.63) is 107 Å². The van der Waals surface area contributed by atoms with Crippen molar-refractivity contribution in [1.82, 2.24) is 14.8 Å². The molecule has 2 aliphatic rings. The molecule has 0 aliphatic carbocycles. The molecule has 5 nitrogen and oxygen atoms in total. The lowest BCUT2D eigenvalue weighted by Gasteiger charge is -2.51. The van der Waals surface area contributed by atoms with Gasteiger partial charge in [-0.3, -0.25) is 9.59 Å². The Kier molecular flexibility index (Phi) is 4.81. The highest BCUT2D eigenvalue weighted by atomic mass is 19.1. The third-order valence-corrected chi connectivity index (χ3v) is 7.58. The first-order chi connectivity index (χ1) is 16.9. The van der Waals surface area contributed by atoms with Crippen molar-refractivity contribution in [2.75, 3.05) is 13.1 Å². The standard InChI is InChI=1S/C29H26FN3O2/c1-18-7-11-20(12-8-18)23-16-33-25(34)17-32(15-19-9-13-21(30)14-10-19)28(35)29(33,2)27-26(23)22-5-3-4-6-24(22)31-27/h3-14,23,31H,15-17H2,1-2H3/t23-,29+/m1/s1. The molecule has 0 radical (unpaired) electrons. The fraction of sp³-hybridized carbons (Fsp3) is 0.241. The van der Waals surface area contributed by atoms with Crippen molar-refractivity contribution in [3.63, 3.8) is 0 Å². The maximum absolute atomic E-state index is 14.1. The summed E-state index contributed by atoms with van der Waals surface area (Å²) in [7, 11) is 0. The van der Waals surface area contributed by atoms with Crippen molar-refractivity contribution in [2.45, 2.75) is 31.8 Å². The number of benzene rings is 3. The number of hydrogen-bond acceptors (Lipinski definition) is 2.